The van der Waals surface area contributed by atoms with Crippen LogP contribution in [-0.4, -0.2) is 22.9 Å². The Bertz CT molecular complexity index is 1100. The van der Waals surface area contributed by atoms with Crippen molar-refractivity contribution < 1.29 is 14.6 Å². The number of fused-ring (bicyclic) bond motifs is 3. The highest BCUT2D eigenvalue weighted by molar-refractivity contribution is 6.30. The van der Waals surface area contributed by atoms with E-state index in [1.807, 2.05) is 47.5 Å². The molecule has 146 valence electrons. The van der Waals surface area contributed by atoms with Gasteiger partial charge in [-0.05, 0) is 54.1 Å². The Kier molecular flexibility index (Phi) is 4.32. The van der Waals surface area contributed by atoms with Crippen LogP contribution in [0.5, 0.6) is 17.2 Å². The third kappa shape index (κ3) is 3.08. The van der Waals surface area contributed by atoms with E-state index in [4.69, 9.17) is 26.2 Å². The topological polar surface area (TPSA) is 54.3 Å². The molecule has 29 heavy (non-hydrogen) atoms. The predicted octanol–water partition coefficient (Wildman–Crippen LogP) is 5.30. The Morgan fingerprint density at radius 3 is 2.66 bits per heavy atom. The molecule has 0 aliphatic carbocycles. The fourth-order valence-electron chi connectivity index (χ4n) is 3.92. The number of phenolic OH excluding ortho intramolecular Hbond substituents is 1. The fourth-order valence-corrected chi connectivity index (χ4v) is 4.10. The maximum Gasteiger partial charge on any atom is 0.217 e. The molecule has 2 atom stereocenters. The van der Waals surface area contributed by atoms with E-state index in [0.717, 1.165) is 34.8 Å². The molecule has 0 radical (unpaired) electrons. The SMILES string of the molecule is COc1ccc(C2=NN3[C@@H](c4cc(Cl)ccc4O)Oc4ccccc4[C@@H]3C2)cc1. The average Bonchev–Trinajstić information content (AvgIpc) is 3.21. The number of hydrogen-bond donors (Lipinski definition) is 1. The molecule has 0 spiro atoms. The molecule has 0 saturated heterocycles. The smallest absolute Gasteiger partial charge is 0.217 e. The average molecular weight is 407 g/mol. The molecule has 2 aliphatic heterocycles. The van der Waals surface area contributed by atoms with E-state index in [1.54, 1.807) is 25.3 Å². The number of rotatable bonds is 3. The first-order chi connectivity index (χ1) is 14.1. The summed E-state index contributed by atoms with van der Waals surface area (Å²) in [6.07, 6.45) is 0.175. The zero-order chi connectivity index (χ0) is 20.0. The predicted molar refractivity (Wildman–Crippen MR) is 112 cm³/mol. The molecule has 5 nitrogen and oxygen atoms in total. The molecule has 0 amide bonds. The molecule has 3 aromatic rings. The van der Waals surface area contributed by atoms with Gasteiger partial charge in [0.15, 0.2) is 0 Å². The molecule has 0 unspecified atom stereocenters. The summed E-state index contributed by atoms with van der Waals surface area (Å²) in [5.74, 6) is 1.73. The first-order valence-electron chi connectivity index (χ1n) is 9.38. The summed E-state index contributed by atoms with van der Waals surface area (Å²) in [4.78, 5) is 0. The second kappa shape index (κ2) is 7.01. The molecule has 0 fully saturated rings. The lowest BCUT2D eigenvalue weighted by atomic mass is 9.96. The molecule has 0 aromatic heterocycles. The van der Waals surface area contributed by atoms with Crippen molar-refractivity contribution in [3.8, 4) is 17.2 Å². The third-order valence-corrected chi connectivity index (χ3v) is 5.61. The Morgan fingerprint density at radius 2 is 1.86 bits per heavy atom. The minimum Gasteiger partial charge on any atom is -0.507 e. The van der Waals surface area contributed by atoms with Gasteiger partial charge in [-0.3, -0.25) is 0 Å². The van der Waals surface area contributed by atoms with Gasteiger partial charge in [-0.15, -0.1) is 0 Å². The van der Waals surface area contributed by atoms with Crippen molar-refractivity contribution in [1.29, 1.82) is 0 Å². The first kappa shape index (κ1) is 17.9. The molecule has 2 heterocycles. The highest BCUT2D eigenvalue weighted by Crippen LogP contribution is 2.48. The van der Waals surface area contributed by atoms with Crippen LogP contribution < -0.4 is 9.47 Å². The van der Waals surface area contributed by atoms with Gasteiger partial charge in [-0.1, -0.05) is 29.8 Å². The molecule has 6 heteroatoms. The lowest BCUT2D eigenvalue weighted by molar-refractivity contribution is -0.0203. The van der Waals surface area contributed by atoms with E-state index >= 15 is 0 Å². The number of aromatic hydroxyl groups is 1. The minimum absolute atomic E-state index is 0.0143. The number of ether oxygens (including phenoxy) is 2. The van der Waals surface area contributed by atoms with Crippen molar-refractivity contribution in [3.63, 3.8) is 0 Å². The number of nitrogens with zero attached hydrogens (tertiary/aromatic N) is 2. The lowest BCUT2D eigenvalue weighted by Gasteiger charge is -2.38. The van der Waals surface area contributed by atoms with Crippen molar-refractivity contribution >= 4 is 17.3 Å². The third-order valence-electron chi connectivity index (χ3n) is 5.38. The summed E-state index contributed by atoms with van der Waals surface area (Å²) in [6.45, 7) is 0. The summed E-state index contributed by atoms with van der Waals surface area (Å²) in [5, 5.41) is 17.8. The minimum atomic E-state index is -0.565. The summed E-state index contributed by atoms with van der Waals surface area (Å²) in [7, 11) is 1.65. The van der Waals surface area contributed by atoms with E-state index in [0.29, 0.717) is 10.6 Å². The van der Waals surface area contributed by atoms with Gasteiger partial charge < -0.3 is 14.6 Å². The van der Waals surface area contributed by atoms with Gasteiger partial charge in [0.25, 0.3) is 0 Å². The summed E-state index contributed by atoms with van der Waals surface area (Å²) >= 11 is 6.20. The van der Waals surface area contributed by atoms with E-state index in [2.05, 4.69) is 6.07 Å². The van der Waals surface area contributed by atoms with E-state index in [1.165, 1.54) is 0 Å². The van der Waals surface area contributed by atoms with Crippen LogP contribution in [0.25, 0.3) is 0 Å². The second-order valence-corrected chi connectivity index (χ2v) is 7.52. The van der Waals surface area contributed by atoms with Crippen LogP contribution in [0, 0.1) is 0 Å². The lowest BCUT2D eigenvalue weighted by Crippen LogP contribution is -2.33. The normalized spacial score (nSPS) is 19.8. The quantitative estimate of drug-likeness (QED) is 0.641. The molecule has 5 rings (SSSR count). The zero-order valence-electron chi connectivity index (χ0n) is 15.7. The molecule has 1 N–H and O–H groups in total. The van der Waals surface area contributed by atoms with Crippen molar-refractivity contribution in [3.05, 3.63) is 88.4 Å². The number of benzene rings is 3. The van der Waals surface area contributed by atoms with E-state index in [9.17, 15) is 5.11 Å². The first-order valence-corrected chi connectivity index (χ1v) is 9.76. The number of phenols is 1. The van der Waals surface area contributed by atoms with Crippen LogP contribution in [0.15, 0.2) is 71.8 Å². The van der Waals surface area contributed by atoms with Gasteiger partial charge in [-0.25, -0.2) is 5.01 Å². The molecular weight excluding hydrogens is 388 g/mol. The standard InChI is InChI=1S/C23H19ClN2O3/c1-28-16-9-6-14(7-10-16)19-13-20-17-4-2-3-5-22(17)29-23(26(20)25-19)18-12-15(24)8-11-21(18)27/h2-12,20,23,27H,13H2,1H3/t20-,23+/m0/s1. The maximum absolute atomic E-state index is 10.5. The van der Waals surface area contributed by atoms with Crippen LogP contribution in [0.1, 0.15) is 35.4 Å². The van der Waals surface area contributed by atoms with E-state index < -0.39 is 6.23 Å². The van der Waals surface area contributed by atoms with Crippen LogP contribution in [-0.2, 0) is 0 Å². The monoisotopic (exact) mass is 406 g/mol. The highest BCUT2D eigenvalue weighted by atomic mass is 35.5. The van der Waals surface area contributed by atoms with Crippen molar-refractivity contribution in [2.24, 2.45) is 5.10 Å². The largest absolute Gasteiger partial charge is 0.507 e. The van der Waals surface area contributed by atoms with Crippen molar-refractivity contribution in [2.45, 2.75) is 18.7 Å². The molecule has 3 aromatic carbocycles. The summed E-state index contributed by atoms with van der Waals surface area (Å²) in [6, 6.07) is 20.8. The highest BCUT2D eigenvalue weighted by Gasteiger charge is 2.41. The summed E-state index contributed by atoms with van der Waals surface area (Å²) in [5.41, 5.74) is 3.67. The van der Waals surface area contributed by atoms with Gasteiger partial charge in [-0.2, -0.15) is 5.10 Å². The maximum atomic E-state index is 10.5. The van der Waals surface area contributed by atoms with Crippen molar-refractivity contribution in [2.75, 3.05) is 7.11 Å². The Hall–Kier alpha value is -3.18. The number of para-hydroxylation sites is 1. The van der Waals surface area contributed by atoms with Crippen LogP contribution in [0.3, 0.4) is 0 Å². The number of hydrogen-bond acceptors (Lipinski definition) is 5. The second-order valence-electron chi connectivity index (χ2n) is 7.09. The molecule has 0 saturated carbocycles. The van der Waals surface area contributed by atoms with Gasteiger partial charge in [0.2, 0.25) is 6.23 Å². The Morgan fingerprint density at radius 1 is 1.07 bits per heavy atom. The molecule has 0 bridgehead atoms. The van der Waals surface area contributed by atoms with Gasteiger partial charge >= 0.3 is 0 Å². The number of methoxy groups -OCH3 is 1. The number of halogens is 1. The van der Waals surface area contributed by atoms with Crippen LogP contribution >= 0.6 is 11.6 Å². The van der Waals surface area contributed by atoms with Gasteiger partial charge in [0.1, 0.15) is 17.2 Å². The van der Waals surface area contributed by atoms with Crippen LogP contribution in [0.4, 0.5) is 0 Å². The van der Waals surface area contributed by atoms with Gasteiger partial charge in [0.05, 0.1) is 24.4 Å². The van der Waals surface area contributed by atoms with Crippen molar-refractivity contribution in [1.82, 2.24) is 5.01 Å². The molecular formula is C23H19ClN2O3. The van der Waals surface area contributed by atoms with E-state index in [-0.39, 0.29) is 11.8 Å². The molecule has 2 aliphatic rings. The van der Waals surface area contributed by atoms with Crippen LogP contribution in [0.2, 0.25) is 5.02 Å². The fraction of sp³-hybridized carbons (Fsp3) is 0.174. The number of hydrazone groups is 1. The van der Waals surface area contributed by atoms with Gasteiger partial charge in [0, 0.05) is 17.0 Å². The summed E-state index contributed by atoms with van der Waals surface area (Å²) < 4.78 is 11.5. The Labute approximate surface area is 173 Å². The Balaban J connectivity index is 1.59. The zero-order valence-corrected chi connectivity index (χ0v) is 16.5.